The predicted molar refractivity (Wildman–Crippen MR) is 101 cm³/mol. The zero-order chi connectivity index (χ0) is 19.2. The monoisotopic (exact) mass is 377 g/mol. The first-order chi connectivity index (χ1) is 13.1. The van der Waals surface area contributed by atoms with Crippen molar-refractivity contribution < 1.29 is 18.7 Å². The Kier molecular flexibility index (Phi) is 6.82. The Labute approximate surface area is 159 Å². The molecular weight excluding hydrogens is 349 g/mol. The third-order valence-corrected chi connectivity index (χ3v) is 5.20. The number of carbonyl (C=O) groups is 1. The number of hydrogen-bond donors (Lipinski definition) is 1. The van der Waals surface area contributed by atoms with E-state index in [9.17, 15) is 9.18 Å². The van der Waals surface area contributed by atoms with Crippen molar-refractivity contribution in [2.24, 2.45) is 5.73 Å². The van der Waals surface area contributed by atoms with E-state index in [1.807, 2.05) is 0 Å². The molecule has 148 valence electrons. The fourth-order valence-electron chi connectivity index (χ4n) is 3.86. The van der Waals surface area contributed by atoms with Gasteiger partial charge < -0.3 is 15.2 Å². The molecule has 4 rings (SSSR count). The van der Waals surface area contributed by atoms with E-state index in [1.54, 1.807) is 23.1 Å². The molecule has 1 aromatic rings. The zero-order valence-corrected chi connectivity index (χ0v) is 15.8. The largest absolute Gasteiger partial charge is 0.452 e. The van der Waals surface area contributed by atoms with Gasteiger partial charge in [-0.15, -0.1) is 0 Å². The third-order valence-electron chi connectivity index (χ3n) is 5.20. The lowest BCUT2D eigenvalue weighted by Crippen LogP contribution is -2.47. The van der Waals surface area contributed by atoms with Gasteiger partial charge in [0.25, 0.3) is 0 Å². The molecule has 0 aromatic heterocycles. The number of ether oxygens (including phenoxy) is 2. The van der Waals surface area contributed by atoms with Gasteiger partial charge in [-0.25, -0.2) is 9.18 Å². The van der Waals surface area contributed by atoms with Crippen LogP contribution in [0.5, 0.6) is 0 Å². The minimum absolute atomic E-state index is 0.128. The van der Waals surface area contributed by atoms with Crippen LogP contribution in [0.1, 0.15) is 19.3 Å². The van der Waals surface area contributed by atoms with Gasteiger partial charge in [0, 0.05) is 37.4 Å². The Balaban J connectivity index is 0.000000253. The molecule has 1 amide bonds. The van der Waals surface area contributed by atoms with Gasteiger partial charge in [0.05, 0.1) is 20.3 Å². The number of nitrogens with zero attached hydrogens (tertiary/aromatic N) is 2. The minimum atomic E-state index is -0.240. The molecule has 2 atom stereocenters. The highest BCUT2D eigenvalue weighted by atomic mass is 19.1. The number of hydrogen-bond acceptors (Lipinski definition) is 5. The van der Waals surface area contributed by atoms with Crippen LogP contribution < -0.4 is 5.73 Å². The van der Waals surface area contributed by atoms with E-state index in [1.165, 1.54) is 24.8 Å². The molecule has 27 heavy (non-hydrogen) atoms. The predicted octanol–water partition coefficient (Wildman–Crippen LogP) is 2.36. The molecule has 1 aromatic carbocycles. The number of carbonyl (C=O) groups excluding carboxylic acids is 1. The number of rotatable bonds is 1. The van der Waals surface area contributed by atoms with Crippen molar-refractivity contribution in [1.82, 2.24) is 9.80 Å². The number of methoxy groups -OCH3 is 1. The van der Waals surface area contributed by atoms with Crippen LogP contribution in [0.3, 0.4) is 0 Å². The van der Waals surface area contributed by atoms with Gasteiger partial charge in [0.15, 0.2) is 0 Å². The van der Waals surface area contributed by atoms with Gasteiger partial charge in [-0.2, -0.15) is 0 Å². The molecule has 1 fully saturated rings. The maximum atomic E-state index is 11.9. The van der Waals surface area contributed by atoms with Crippen LogP contribution in [-0.2, 0) is 9.47 Å². The van der Waals surface area contributed by atoms with Crippen molar-refractivity contribution in [1.29, 1.82) is 0 Å². The molecule has 3 aliphatic heterocycles. The maximum absolute atomic E-state index is 11.9. The van der Waals surface area contributed by atoms with Crippen molar-refractivity contribution in [3.05, 3.63) is 47.4 Å². The molecule has 0 spiro atoms. The number of halogens is 1. The second kappa shape index (κ2) is 9.30. The number of benzene rings is 1. The van der Waals surface area contributed by atoms with E-state index in [0.717, 1.165) is 51.2 Å². The summed E-state index contributed by atoms with van der Waals surface area (Å²) in [4.78, 5) is 16.0. The molecule has 7 heteroatoms. The summed E-state index contributed by atoms with van der Waals surface area (Å²) >= 11 is 0. The van der Waals surface area contributed by atoms with Gasteiger partial charge in [-0.1, -0.05) is 18.2 Å². The second-order valence-electron chi connectivity index (χ2n) is 7.16. The van der Waals surface area contributed by atoms with E-state index in [-0.39, 0.29) is 18.0 Å². The Hall–Kier alpha value is -1.96. The summed E-state index contributed by atoms with van der Waals surface area (Å²) in [7, 11) is 1.44. The summed E-state index contributed by atoms with van der Waals surface area (Å²) in [5, 5.41) is 0. The quantitative estimate of drug-likeness (QED) is 0.814. The summed E-state index contributed by atoms with van der Waals surface area (Å²) < 4.78 is 22.4. The van der Waals surface area contributed by atoms with E-state index in [4.69, 9.17) is 15.2 Å². The second-order valence-corrected chi connectivity index (χ2v) is 7.16. The first-order valence-electron chi connectivity index (χ1n) is 9.42. The minimum Gasteiger partial charge on any atom is -0.452 e. The lowest BCUT2D eigenvalue weighted by molar-refractivity contribution is 0.0154. The smallest absolute Gasteiger partial charge is 0.413 e. The molecule has 3 heterocycles. The average molecular weight is 377 g/mol. The highest BCUT2D eigenvalue weighted by Gasteiger charge is 2.36. The van der Waals surface area contributed by atoms with Crippen LogP contribution in [0, 0.1) is 5.82 Å². The molecule has 3 aliphatic rings. The molecule has 6 nitrogen and oxygen atoms in total. The van der Waals surface area contributed by atoms with E-state index in [0.29, 0.717) is 12.6 Å². The van der Waals surface area contributed by atoms with E-state index < -0.39 is 0 Å². The maximum Gasteiger partial charge on any atom is 0.413 e. The van der Waals surface area contributed by atoms with Crippen molar-refractivity contribution >= 4 is 6.09 Å². The van der Waals surface area contributed by atoms with Crippen LogP contribution in [0.2, 0.25) is 0 Å². The number of amides is 1. The Morgan fingerprint density at radius 2 is 2.04 bits per heavy atom. The number of nitrogens with two attached hydrogens (primary N) is 1. The van der Waals surface area contributed by atoms with E-state index >= 15 is 0 Å². The van der Waals surface area contributed by atoms with Crippen LogP contribution in [0.15, 0.2) is 41.6 Å². The first-order valence-corrected chi connectivity index (χ1v) is 9.42. The summed E-state index contributed by atoms with van der Waals surface area (Å²) in [5.41, 5.74) is 8.50. The summed E-state index contributed by atoms with van der Waals surface area (Å²) in [6.45, 7) is 3.91. The lowest BCUT2D eigenvalue weighted by Gasteiger charge is -2.34. The van der Waals surface area contributed by atoms with Crippen LogP contribution >= 0.6 is 0 Å². The van der Waals surface area contributed by atoms with Gasteiger partial charge in [0.2, 0.25) is 0 Å². The highest BCUT2D eigenvalue weighted by Crippen LogP contribution is 2.31. The standard InChI is InChI=1S/C14H23N3O3.C6H5F/c1-19-14(18)17-4-2-3-10-6-16(7-13(10)17)12-5-11(15)8-20-9-12;7-6-4-2-1-3-5-6/h11-12H,2-9,15H2,1H3;1-5H. The van der Waals surface area contributed by atoms with Crippen LogP contribution in [0.4, 0.5) is 9.18 Å². The van der Waals surface area contributed by atoms with Gasteiger partial charge in [0.1, 0.15) is 5.82 Å². The molecule has 2 unspecified atom stereocenters. The molecule has 0 radical (unpaired) electrons. The van der Waals surface area contributed by atoms with Gasteiger partial charge in [-0.05, 0) is 37.0 Å². The molecule has 0 bridgehead atoms. The zero-order valence-electron chi connectivity index (χ0n) is 15.8. The molecular formula is C20H28FN3O3. The highest BCUT2D eigenvalue weighted by molar-refractivity contribution is 5.70. The topological polar surface area (TPSA) is 68.0 Å². The summed E-state index contributed by atoms with van der Waals surface area (Å²) in [6, 6.07) is 8.43. The Morgan fingerprint density at radius 3 is 2.67 bits per heavy atom. The van der Waals surface area contributed by atoms with Gasteiger partial charge in [-0.3, -0.25) is 9.80 Å². The first kappa shape index (κ1) is 19.8. The average Bonchev–Trinajstić information content (AvgIpc) is 3.13. The fourth-order valence-corrected chi connectivity index (χ4v) is 3.86. The Bertz CT molecular complexity index is 668. The van der Waals surface area contributed by atoms with Crippen molar-refractivity contribution in [3.63, 3.8) is 0 Å². The van der Waals surface area contributed by atoms with Gasteiger partial charge >= 0.3 is 6.09 Å². The van der Waals surface area contributed by atoms with Crippen molar-refractivity contribution in [3.8, 4) is 0 Å². The Morgan fingerprint density at radius 1 is 1.26 bits per heavy atom. The SMILES string of the molecule is COC(=O)N1CCCC2=C1CN(C1COCC(N)C1)C2.Fc1ccccc1. The third kappa shape index (κ3) is 5.06. The van der Waals surface area contributed by atoms with Crippen LogP contribution in [-0.4, -0.2) is 67.9 Å². The fraction of sp³-hybridized carbons (Fsp3) is 0.550. The van der Waals surface area contributed by atoms with Crippen LogP contribution in [0.25, 0.3) is 0 Å². The molecule has 0 aliphatic carbocycles. The normalized spacial score (nSPS) is 25.5. The lowest BCUT2D eigenvalue weighted by atomic mass is 10.0. The molecule has 0 saturated carbocycles. The summed E-state index contributed by atoms with van der Waals surface area (Å²) in [5.74, 6) is -0.178. The van der Waals surface area contributed by atoms with Crippen molar-refractivity contribution in [2.75, 3.05) is 40.0 Å². The summed E-state index contributed by atoms with van der Waals surface area (Å²) in [6.07, 6.45) is 2.83. The van der Waals surface area contributed by atoms with Crippen molar-refractivity contribution in [2.45, 2.75) is 31.3 Å². The molecule has 1 saturated heterocycles. The molecule has 2 N–H and O–H groups in total. The van der Waals surface area contributed by atoms with E-state index in [2.05, 4.69) is 4.90 Å².